The molecule has 1 aromatic carbocycles. The van der Waals surface area contributed by atoms with E-state index in [1.807, 2.05) is 18.2 Å². The van der Waals surface area contributed by atoms with Gasteiger partial charge in [-0.25, -0.2) is 4.98 Å². The summed E-state index contributed by atoms with van der Waals surface area (Å²) in [7, 11) is 2.07. The summed E-state index contributed by atoms with van der Waals surface area (Å²) in [5.74, 6) is 0. The average molecular weight is 356 g/mol. The Balaban J connectivity index is 2.17. The van der Waals surface area contributed by atoms with Crippen molar-refractivity contribution < 1.29 is 0 Å². The van der Waals surface area contributed by atoms with Crippen molar-refractivity contribution in [2.24, 2.45) is 0 Å². The summed E-state index contributed by atoms with van der Waals surface area (Å²) in [6.07, 6.45) is 0. The first kappa shape index (κ1) is 12.6. The molecule has 1 aromatic heterocycles. The second-order valence-electron chi connectivity index (χ2n) is 3.81. The third-order valence-corrected chi connectivity index (χ3v) is 3.26. The van der Waals surface area contributed by atoms with Gasteiger partial charge in [0.25, 0.3) is 0 Å². The fourth-order valence-electron chi connectivity index (χ4n) is 1.62. The normalized spacial score (nSPS) is 10.3. The minimum absolute atomic E-state index is 0.835. The van der Waals surface area contributed by atoms with Crippen molar-refractivity contribution in [1.29, 1.82) is 0 Å². The van der Waals surface area contributed by atoms with Gasteiger partial charge in [0, 0.05) is 19.3 Å². The number of anilines is 1. The third-order valence-electron chi connectivity index (χ3n) is 2.45. The van der Waals surface area contributed by atoms with E-state index >= 15 is 0 Å². The van der Waals surface area contributed by atoms with Crippen molar-refractivity contribution in [2.75, 3.05) is 11.9 Å². The minimum Gasteiger partial charge on any atom is -0.370 e. The van der Waals surface area contributed by atoms with Crippen LogP contribution in [-0.2, 0) is 6.54 Å². The second kappa shape index (κ2) is 5.65. The Hall–Kier alpha value is -0.870. The fourth-order valence-corrected chi connectivity index (χ4v) is 2.71. The van der Waals surface area contributed by atoms with Gasteiger partial charge in [-0.2, -0.15) is 0 Å². The topological polar surface area (TPSA) is 16.1 Å². The van der Waals surface area contributed by atoms with Crippen LogP contribution < -0.4 is 4.90 Å². The molecule has 2 rings (SSSR count). The number of pyridine rings is 1. The number of hydrogen-bond donors (Lipinski definition) is 0. The van der Waals surface area contributed by atoms with Crippen molar-refractivity contribution >= 4 is 37.5 Å². The van der Waals surface area contributed by atoms with Gasteiger partial charge in [0.1, 0.15) is 9.21 Å². The predicted molar refractivity (Wildman–Crippen MR) is 78.2 cm³/mol. The Morgan fingerprint density at radius 2 is 1.65 bits per heavy atom. The molecule has 0 unspecified atom stereocenters. The molecule has 0 N–H and O–H groups in total. The van der Waals surface area contributed by atoms with Gasteiger partial charge in [0.05, 0.1) is 0 Å². The van der Waals surface area contributed by atoms with E-state index < -0.39 is 0 Å². The van der Waals surface area contributed by atoms with E-state index in [0.717, 1.165) is 21.4 Å². The molecule has 4 heteroatoms. The zero-order valence-corrected chi connectivity index (χ0v) is 12.6. The SMILES string of the molecule is CN(Cc1ccccc1)c1cc(Br)nc(Br)c1. The maximum absolute atomic E-state index is 4.23. The van der Waals surface area contributed by atoms with Crippen LogP contribution in [0.2, 0.25) is 0 Å². The van der Waals surface area contributed by atoms with Gasteiger partial charge in [-0.3, -0.25) is 0 Å². The van der Waals surface area contributed by atoms with Gasteiger partial charge < -0.3 is 4.90 Å². The number of nitrogens with zero attached hydrogens (tertiary/aromatic N) is 2. The summed E-state index contributed by atoms with van der Waals surface area (Å²) in [6, 6.07) is 14.4. The fraction of sp³-hybridized carbons (Fsp3) is 0.154. The Morgan fingerprint density at radius 1 is 1.06 bits per heavy atom. The molecule has 0 bridgehead atoms. The Morgan fingerprint density at radius 3 is 2.24 bits per heavy atom. The first-order chi connectivity index (χ1) is 8.15. The zero-order chi connectivity index (χ0) is 12.3. The third kappa shape index (κ3) is 3.54. The Kier molecular flexibility index (Phi) is 4.18. The molecule has 0 aliphatic carbocycles. The quantitative estimate of drug-likeness (QED) is 0.765. The van der Waals surface area contributed by atoms with Crippen molar-refractivity contribution in [2.45, 2.75) is 6.54 Å². The van der Waals surface area contributed by atoms with Crippen LogP contribution in [0.15, 0.2) is 51.7 Å². The number of halogens is 2. The van der Waals surface area contributed by atoms with E-state index in [0.29, 0.717) is 0 Å². The lowest BCUT2D eigenvalue weighted by atomic mass is 10.2. The highest BCUT2D eigenvalue weighted by atomic mass is 79.9. The molecule has 0 aliphatic heterocycles. The monoisotopic (exact) mass is 354 g/mol. The highest BCUT2D eigenvalue weighted by molar-refractivity contribution is 9.11. The lowest BCUT2D eigenvalue weighted by Gasteiger charge is -2.19. The van der Waals surface area contributed by atoms with Crippen LogP contribution in [-0.4, -0.2) is 12.0 Å². The van der Waals surface area contributed by atoms with Crippen molar-refractivity contribution in [3.8, 4) is 0 Å². The smallest absolute Gasteiger partial charge is 0.109 e. The standard InChI is InChI=1S/C13H12Br2N2/c1-17(9-10-5-3-2-4-6-10)11-7-12(14)16-13(15)8-11/h2-8H,9H2,1H3. The maximum atomic E-state index is 4.23. The second-order valence-corrected chi connectivity index (χ2v) is 5.44. The molecule has 88 valence electrons. The molecule has 2 nitrogen and oxygen atoms in total. The van der Waals surface area contributed by atoms with Crippen LogP contribution in [0.25, 0.3) is 0 Å². The molecule has 0 radical (unpaired) electrons. The molecule has 0 saturated heterocycles. The summed E-state index contributed by atoms with van der Waals surface area (Å²) >= 11 is 6.80. The lowest BCUT2D eigenvalue weighted by molar-refractivity contribution is 0.918. The highest BCUT2D eigenvalue weighted by Crippen LogP contribution is 2.23. The molecule has 2 aromatic rings. The molecule has 0 amide bonds. The van der Waals surface area contributed by atoms with Crippen LogP contribution >= 0.6 is 31.9 Å². The number of aromatic nitrogens is 1. The van der Waals surface area contributed by atoms with E-state index in [4.69, 9.17) is 0 Å². The van der Waals surface area contributed by atoms with Gasteiger partial charge in [-0.05, 0) is 49.6 Å². The summed E-state index contributed by atoms with van der Waals surface area (Å²) in [5, 5.41) is 0. The van der Waals surface area contributed by atoms with Crippen LogP contribution in [0, 0.1) is 0 Å². The summed E-state index contributed by atoms with van der Waals surface area (Å²) in [5.41, 5.74) is 2.42. The molecular formula is C13H12Br2N2. The van der Waals surface area contributed by atoms with Gasteiger partial charge >= 0.3 is 0 Å². The molecule has 0 saturated carbocycles. The van der Waals surface area contributed by atoms with Crippen molar-refractivity contribution in [1.82, 2.24) is 4.98 Å². The lowest BCUT2D eigenvalue weighted by Crippen LogP contribution is -2.16. The largest absolute Gasteiger partial charge is 0.370 e. The predicted octanol–water partition coefficient (Wildman–Crippen LogP) is 4.24. The molecule has 17 heavy (non-hydrogen) atoms. The molecule has 0 aliphatic rings. The van der Waals surface area contributed by atoms with Crippen LogP contribution in [0.4, 0.5) is 5.69 Å². The first-order valence-corrected chi connectivity index (χ1v) is 6.82. The van der Waals surface area contributed by atoms with Crippen LogP contribution in [0.5, 0.6) is 0 Å². The van der Waals surface area contributed by atoms with E-state index in [1.54, 1.807) is 0 Å². The van der Waals surface area contributed by atoms with E-state index in [-0.39, 0.29) is 0 Å². The number of rotatable bonds is 3. The van der Waals surface area contributed by atoms with Gasteiger partial charge in [-0.15, -0.1) is 0 Å². The van der Waals surface area contributed by atoms with E-state index in [1.165, 1.54) is 5.56 Å². The Bertz CT molecular complexity index is 480. The molecule has 0 spiro atoms. The molecular weight excluding hydrogens is 344 g/mol. The summed E-state index contributed by atoms with van der Waals surface area (Å²) in [6.45, 7) is 0.879. The zero-order valence-electron chi connectivity index (χ0n) is 9.40. The molecule has 1 heterocycles. The summed E-state index contributed by atoms with van der Waals surface area (Å²) < 4.78 is 1.67. The average Bonchev–Trinajstić information content (AvgIpc) is 2.29. The molecule has 0 atom stereocenters. The van der Waals surface area contributed by atoms with Crippen molar-refractivity contribution in [3.05, 3.63) is 57.2 Å². The Labute approximate surface area is 118 Å². The highest BCUT2D eigenvalue weighted by Gasteiger charge is 2.04. The molecule has 0 fully saturated rings. The number of hydrogen-bond acceptors (Lipinski definition) is 2. The van der Waals surface area contributed by atoms with Gasteiger partial charge in [-0.1, -0.05) is 30.3 Å². The van der Waals surface area contributed by atoms with Gasteiger partial charge in [0.2, 0.25) is 0 Å². The van der Waals surface area contributed by atoms with Gasteiger partial charge in [0.15, 0.2) is 0 Å². The van der Waals surface area contributed by atoms with E-state index in [9.17, 15) is 0 Å². The maximum Gasteiger partial charge on any atom is 0.109 e. The first-order valence-electron chi connectivity index (χ1n) is 5.23. The van der Waals surface area contributed by atoms with Crippen LogP contribution in [0.3, 0.4) is 0 Å². The summed E-state index contributed by atoms with van der Waals surface area (Å²) in [4.78, 5) is 6.42. The van der Waals surface area contributed by atoms with Crippen molar-refractivity contribution in [3.63, 3.8) is 0 Å². The number of benzene rings is 1. The van der Waals surface area contributed by atoms with Crippen LogP contribution in [0.1, 0.15) is 5.56 Å². The minimum atomic E-state index is 0.835. The van der Waals surface area contributed by atoms with E-state index in [2.05, 4.69) is 73.1 Å².